The van der Waals surface area contributed by atoms with Crippen LogP contribution in [0.3, 0.4) is 0 Å². The van der Waals surface area contributed by atoms with Crippen molar-refractivity contribution in [2.24, 2.45) is 5.73 Å². The van der Waals surface area contributed by atoms with Crippen molar-refractivity contribution in [3.8, 4) is 0 Å². The van der Waals surface area contributed by atoms with Crippen LogP contribution >= 0.6 is 12.6 Å². The molecule has 0 rings (SSSR count). The standard InChI is InChI=1S/C16H33N3O3S2/c1-5-14(10-9-13(17)12-23)19-15(20)8-6-7-11-18-24(21,22)16(2,3)4/h5,9,14-15,18-20,23H,1,6-8,10-12,17H2,2-4H3/b13-9+/t14-,15?/m0/s1. The first kappa shape index (κ1) is 23.5. The van der Waals surface area contributed by atoms with Crippen molar-refractivity contribution in [1.82, 2.24) is 10.0 Å². The van der Waals surface area contributed by atoms with Gasteiger partial charge in [-0.1, -0.05) is 12.2 Å². The Hall–Kier alpha value is -0.540. The van der Waals surface area contributed by atoms with Crippen LogP contribution in [0.2, 0.25) is 0 Å². The van der Waals surface area contributed by atoms with Crippen LogP contribution < -0.4 is 15.8 Å². The van der Waals surface area contributed by atoms with Crippen molar-refractivity contribution < 1.29 is 13.5 Å². The molecular formula is C16H33N3O3S2. The maximum Gasteiger partial charge on any atom is 0.216 e. The van der Waals surface area contributed by atoms with Crippen LogP contribution in [0.25, 0.3) is 0 Å². The van der Waals surface area contributed by atoms with Crippen molar-refractivity contribution in [3.05, 3.63) is 24.4 Å². The van der Waals surface area contributed by atoms with Crippen molar-refractivity contribution in [2.45, 2.75) is 63.5 Å². The summed E-state index contributed by atoms with van der Waals surface area (Å²) < 4.78 is 25.5. The second-order valence-electron chi connectivity index (χ2n) is 6.70. The fourth-order valence-electron chi connectivity index (χ4n) is 1.79. The maximum absolute atomic E-state index is 11.9. The number of thiol groups is 1. The van der Waals surface area contributed by atoms with Gasteiger partial charge in [0.05, 0.1) is 4.75 Å². The van der Waals surface area contributed by atoms with Gasteiger partial charge in [-0.25, -0.2) is 13.1 Å². The number of hydrogen-bond acceptors (Lipinski definition) is 6. The molecule has 6 nitrogen and oxygen atoms in total. The summed E-state index contributed by atoms with van der Waals surface area (Å²) in [6, 6.07) is -0.0715. The lowest BCUT2D eigenvalue weighted by Gasteiger charge is -2.20. The maximum atomic E-state index is 11.9. The SMILES string of the molecule is C=C[C@@H](C/C=C(/N)CS)NC(O)CCCCNS(=O)(=O)C(C)(C)C. The predicted octanol–water partition coefficient (Wildman–Crippen LogP) is 1.50. The summed E-state index contributed by atoms with van der Waals surface area (Å²) in [5, 5.41) is 13.0. The molecule has 0 bridgehead atoms. The summed E-state index contributed by atoms with van der Waals surface area (Å²) in [5.41, 5.74) is 6.38. The lowest BCUT2D eigenvalue weighted by atomic mass is 10.1. The number of nitrogens with one attached hydrogen (secondary N) is 2. The fourth-order valence-corrected chi connectivity index (χ4v) is 2.77. The third-order valence-electron chi connectivity index (χ3n) is 3.51. The van der Waals surface area contributed by atoms with Crippen molar-refractivity contribution in [1.29, 1.82) is 0 Å². The highest BCUT2D eigenvalue weighted by Crippen LogP contribution is 2.13. The monoisotopic (exact) mass is 379 g/mol. The van der Waals surface area contributed by atoms with Crippen LogP contribution in [-0.2, 0) is 10.0 Å². The largest absolute Gasteiger partial charge is 0.402 e. The third-order valence-corrected chi connectivity index (χ3v) is 6.07. The highest BCUT2D eigenvalue weighted by Gasteiger charge is 2.27. The summed E-state index contributed by atoms with van der Waals surface area (Å²) in [7, 11) is -3.31. The van der Waals surface area contributed by atoms with E-state index in [2.05, 4.69) is 29.2 Å². The molecule has 0 aliphatic carbocycles. The second kappa shape index (κ2) is 11.1. The quantitative estimate of drug-likeness (QED) is 0.153. The molecule has 2 atom stereocenters. The van der Waals surface area contributed by atoms with Crippen LogP contribution in [0.1, 0.15) is 46.5 Å². The number of nitrogens with two attached hydrogens (primary N) is 1. The zero-order chi connectivity index (χ0) is 18.8. The minimum absolute atomic E-state index is 0.0715. The van der Waals surface area contributed by atoms with E-state index >= 15 is 0 Å². The minimum atomic E-state index is -3.31. The summed E-state index contributed by atoms with van der Waals surface area (Å²) >= 11 is 4.08. The van der Waals surface area contributed by atoms with E-state index in [1.54, 1.807) is 26.8 Å². The molecule has 0 aromatic carbocycles. The molecule has 8 heteroatoms. The first-order valence-electron chi connectivity index (χ1n) is 8.14. The molecule has 0 saturated carbocycles. The number of rotatable bonds is 12. The van der Waals surface area contributed by atoms with E-state index in [1.807, 2.05) is 6.08 Å². The van der Waals surface area contributed by atoms with Crippen LogP contribution in [0, 0.1) is 0 Å². The lowest BCUT2D eigenvalue weighted by Crippen LogP contribution is -2.40. The molecule has 1 unspecified atom stereocenters. The summed E-state index contributed by atoms with van der Waals surface area (Å²) in [6.45, 7) is 9.09. The Morgan fingerprint density at radius 2 is 2.00 bits per heavy atom. The van der Waals surface area contributed by atoms with Gasteiger partial charge in [-0.3, -0.25) is 5.32 Å². The van der Waals surface area contributed by atoms with E-state index in [1.165, 1.54) is 0 Å². The van der Waals surface area contributed by atoms with Gasteiger partial charge in [0.15, 0.2) is 0 Å². The Labute approximate surface area is 152 Å². The summed E-state index contributed by atoms with van der Waals surface area (Å²) in [6.07, 6.45) is 5.46. The van der Waals surface area contributed by atoms with E-state index in [0.29, 0.717) is 43.7 Å². The Morgan fingerprint density at radius 1 is 1.38 bits per heavy atom. The van der Waals surface area contributed by atoms with Crippen molar-refractivity contribution in [2.75, 3.05) is 12.3 Å². The van der Waals surface area contributed by atoms with E-state index in [0.717, 1.165) is 0 Å². The molecule has 142 valence electrons. The normalized spacial score (nSPS) is 16.0. The van der Waals surface area contributed by atoms with E-state index < -0.39 is 21.0 Å². The molecule has 0 heterocycles. The van der Waals surface area contributed by atoms with Gasteiger partial charge in [0, 0.05) is 24.0 Å². The van der Waals surface area contributed by atoms with Gasteiger partial charge in [-0.05, 0) is 46.5 Å². The fraction of sp³-hybridized carbons (Fsp3) is 0.750. The highest BCUT2D eigenvalue weighted by atomic mass is 32.2. The number of unbranched alkanes of at least 4 members (excludes halogenated alkanes) is 1. The van der Waals surface area contributed by atoms with Crippen LogP contribution in [-0.4, -0.2) is 42.8 Å². The van der Waals surface area contributed by atoms with Gasteiger partial charge in [0.1, 0.15) is 6.23 Å². The Bertz CT molecular complexity index is 499. The van der Waals surface area contributed by atoms with Gasteiger partial charge in [-0.15, -0.1) is 6.58 Å². The minimum Gasteiger partial charge on any atom is -0.402 e. The molecule has 0 aliphatic rings. The molecule has 0 radical (unpaired) electrons. The average Bonchev–Trinajstić information content (AvgIpc) is 2.49. The molecular weight excluding hydrogens is 346 g/mol. The molecule has 0 fully saturated rings. The molecule has 0 aromatic rings. The van der Waals surface area contributed by atoms with Gasteiger partial charge in [0.2, 0.25) is 10.0 Å². The Morgan fingerprint density at radius 3 is 2.50 bits per heavy atom. The van der Waals surface area contributed by atoms with E-state index in [4.69, 9.17) is 5.73 Å². The molecule has 0 aliphatic heterocycles. The zero-order valence-corrected chi connectivity index (χ0v) is 16.7. The highest BCUT2D eigenvalue weighted by molar-refractivity contribution is 7.90. The van der Waals surface area contributed by atoms with Gasteiger partial charge in [0.25, 0.3) is 0 Å². The molecule has 24 heavy (non-hydrogen) atoms. The van der Waals surface area contributed by atoms with E-state index in [-0.39, 0.29) is 6.04 Å². The lowest BCUT2D eigenvalue weighted by molar-refractivity contribution is 0.117. The van der Waals surface area contributed by atoms with Gasteiger partial charge in [-0.2, -0.15) is 12.6 Å². The first-order valence-corrected chi connectivity index (χ1v) is 10.3. The first-order chi connectivity index (χ1) is 11.0. The number of sulfonamides is 1. The van der Waals surface area contributed by atoms with Crippen molar-refractivity contribution >= 4 is 22.7 Å². The third kappa shape index (κ3) is 9.68. The Kier molecular flexibility index (Phi) is 10.9. The summed E-state index contributed by atoms with van der Waals surface area (Å²) in [4.78, 5) is 0. The predicted molar refractivity (Wildman–Crippen MR) is 104 cm³/mol. The number of aliphatic hydroxyl groups is 1. The number of aliphatic hydroxyl groups excluding tert-OH is 1. The molecule has 0 amide bonds. The Balaban J connectivity index is 4.05. The molecule has 5 N–H and O–H groups in total. The van der Waals surface area contributed by atoms with Crippen LogP contribution in [0.4, 0.5) is 0 Å². The molecule has 0 saturated heterocycles. The van der Waals surface area contributed by atoms with Crippen molar-refractivity contribution in [3.63, 3.8) is 0 Å². The number of hydrogen-bond donors (Lipinski definition) is 5. The van der Waals surface area contributed by atoms with E-state index in [9.17, 15) is 13.5 Å². The van der Waals surface area contributed by atoms with Gasteiger partial charge < -0.3 is 10.8 Å². The topological polar surface area (TPSA) is 104 Å². The smallest absolute Gasteiger partial charge is 0.216 e. The zero-order valence-electron chi connectivity index (χ0n) is 15.0. The van der Waals surface area contributed by atoms with Gasteiger partial charge >= 0.3 is 0 Å². The average molecular weight is 380 g/mol. The van der Waals surface area contributed by atoms with Crippen LogP contribution in [0.5, 0.6) is 0 Å². The van der Waals surface area contributed by atoms with Crippen LogP contribution in [0.15, 0.2) is 24.4 Å². The summed E-state index contributed by atoms with van der Waals surface area (Å²) in [5.74, 6) is 0.497. The molecule has 0 aromatic heterocycles. The molecule has 0 spiro atoms. The second-order valence-corrected chi connectivity index (χ2v) is 9.54.